The summed E-state index contributed by atoms with van der Waals surface area (Å²) in [7, 11) is 0. The summed E-state index contributed by atoms with van der Waals surface area (Å²) in [5.74, 6) is 0.207. The predicted molar refractivity (Wildman–Crippen MR) is 128 cm³/mol. The van der Waals surface area contributed by atoms with Crippen LogP contribution in [0.4, 0.5) is 5.69 Å². The van der Waals surface area contributed by atoms with E-state index in [1.54, 1.807) is 24.3 Å². The first-order valence-electron chi connectivity index (χ1n) is 10.3. The van der Waals surface area contributed by atoms with Crippen LogP contribution in [-0.2, 0) is 16.0 Å². The lowest BCUT2D eigenvalue weighted by Gasteiger charge is -2.08. The molecule has 0 aliphatic rings. The molecule has 4 rings (SSSR count). The molecule has 6 nitrogen and oxygen atoms in total. The van der Waals surface area contributed by atoms with Crippen LogP contribution in [0.3, 0.4) is 0 Å². The van der Waals surface area contributed by atoms with Gasteiger partial charge in [-0.3, -0.25) is 9.59 Å². The number of nitrogens with one attached hydrogen (secondary N) is 2. The van der Waals surface area contributed by atoms with Crippen molar-refractivity contribution in [2.75, 3.05) is 18.5 Å². The monoisotopic (exact) mass is 445 g/mol. The molecule has 0 spiro atoms. The van der Waals surface area contributed by atoms with Crippen LogP contribution in [0, 0.1) is 0 Å². The van der Waals surface area contributed by atoms with Gasteiger partial charge in [-0.1, -0.05) is 36.4 Å². The average Bonchev–Trinajstić information content (AvgIpc) is 3.21. The molecule has 32 heavy (non-hydrogen) atoms. The van der Waals surface area contributed by atoms with Gasteiger partial charge in [-0.2, -0.15) is 0 Å². The maximum Gasteiger partial charge on any atom is 0.243 e. The maximum absolute atomic E-state index is 12.3. The van der Waals surface area contributed by atoms with E-state index >= 15 is 0 Å². The van der Waals surface area contributed by atoms with Gasteiger partial charge in [-0.25, -0.2) is 4.98 Å². The summed E-state index contributed by atoms with van der Waals surface area (Å²) < 4.78 is 6.41. The number of hydrogen-bond acceptors (Lipinski definition) is 5. The number of carbonyl (C=O) groups is 2. The Morgan fingerprint density at radius 3 is 2.47 bits per heavy atom. The number of amides is 2. The summed E-state index contributed by atoms with van der Waals surface area (Å²) in [6.45, 7) is 2.39. The van der Waals surface area contributed by atoms with E-state index in [1.165, 1.54) is 11.3 Å². The van der Waals surface area contributed by atoms with Crippen molar-refractivity contribution in [2.45, 2.75) is 13.3 Å². The van der Waals surface area contributed by atoms with Gasteiger partial charge < -0.3 is 15.4 Å². The Balaban J connectivity index is 1.31. The van der Waals surface area contributed by atoms with Crippen LogP contribution >= 0.6 is 11.3 Å². The fourth-order valence-corrected chi connectivity index (χ4v) is 4.25. The van der Waals surface area contributed by atoms with E-state index in [4.69, 9.17) is 4.74 Å². The molecule has 0 aliphatic heterocycles. The van der Waals surface area contributed by atoms with Gasteiger partial charge in [0.25, 0.3) is 0 Å². The quantitative estimate of drug-likeness (QED) is 0.413. The number of rotatable bonds is 8. The number of fused-ring (bicyclic) bond motifs is 1. The second kappa shape index (κ2) is 10.1. The number of anilines is 1. The zero-order chi connectivity index (χ0) is 22.3. The summed E-state index contributed by atoms with van der Waals surface area (Å²) in [5.41, 5.74) is 3.77. The number of benzene rings is 3. The second-order valence-electron chi connectivity index (χ2n) is 7.12. The molecule has 0 unspecified atom stereocenters. The second-order valence-corrected chi connectivity index (χ2v) is 8.23. The summed E-state index contributed by atoms with van der Waals surface area (Å²) >= 11 is 1.49. The molecule has 0 aliphatic carbocycles. The van der Waals surface area contributed by atoms with Crippen LogP contribution in [0.25, 0.3) is 21.3 Å². The molecule has 1 aromatic heterocycles. The molecule has 4 aromatic rings. The third-order valence-corrected chi connectivity index (χ3v) is 5.76. The molecule has 1 heterocycles. The van der Waals surface area contributed by atoms with Crippen LogP contribution in [0.5, 0.6) is 5.75 Å². The standard InChI is InChI=1S/C25H23N3O3S/c1-2-31-20-11-9-19(10-12-20)27-24(30)16-26-23(29)15-25-28-21-13-8-18(14-22(21)32-25)17-6-4-3-5-7-17/h3-14H,2,15-16H2,1H3,(H,26,29)(H,27,30). The van der Waals surface area contributed by atoms with E-state index in [-0.39, 0.29) is 24.8 Å². The van der Waals surface area contributed by atoms with Gasteiger partial charge in [-0.05, 0) is 54.4 Å². The lowest BCUT2D eigenvalue weighted by molar-refractivity contribution is -0.123. The highest BCUT2D eigenvalue weighted by Gasteiger charge is 2.11. The van der Waals surface area contributed by atoms with E-state index in [9.17, 15) is 9.59 Å². The van der Waals surface area contributed by atoms with Crippen LogP contribution < -0.4 is 15.4 Å². The Hall–Kier alpha value is -3.71. The molecule has 3 aromatic carbocycles. The van der Waals surface area contributed by atoms with Gasteiger partial charge in [0.15, 0.2) is 0 Å². The Labute approximate surface area is 190 Å². The van der Waals surface area contributed by atoms with Gasteiger partial charge in [0.2, 0.25) is 11.8 Å². The minimum atomic E-state index is -0.292. The average molecular weight is 446 g/mol. The Morgan fingerprint density at radius 1 is 0.938 bits per heavy atom. The highest BCUT2D eigenvalue weighted by atomic mass is 32.1. The lowest BCUT2D eigenvalue weighted by atomic mass is 10.1. The minimum Gasteiger partial charge on any atom is -0.494 e. The molecule has 0 saturated heterocycles. The van der Waals surface area contributed by atoms with Crippen LogP contribution in [0.2, 0.25) is 0 Å². The van der Waals surface area contributed by atoms with Gasteiger partial charge in [-0.15, -0.1) is 11.3 Å². The first kappa shape index (κ1) is 21.5. The number of thiazole rings is 1. The topological polar surface area (TPSA) is 80.3 Å². The van der Waals surface area contributed by atoms with Crippen molar-refractivity contribution >= 4 is 39.1 Å². The van der Waals surface area contributed by atoms with Gasteiger partial charge in [0.1, 0.15) is 10.8 Å². The van der Waals surface area contributed by atoms with Crippen molar-refractivity contribution in [3.8, 4) is 16.9 Å². The Morgan fingerprint density at radius 2 is 1.72 bits per heavy atom. The van der Waals surface area contributed by atoms with E-state index in [0.717, 1.165) is 32.1 Å². The lowest BCUT2D eigenvalue weighted by Crippen LogP contribution is -2.33. The summed E-state index contributed by atoms with van der Waals surface area (Å²) in [6, 6.07) is 23.3. The number of ether oxygens (including phenoxy) is 1. The highest BCUT2D eigenvalue weighted by Crippen LogP contribution is 2.28. The van der Waals surface area contributed by atoms with Crippen molar-refractivity contribution in [3.63, 3.8) is 0 Å². The fourth-order valence-electron chi connectivity index (χ4n) is 3.24. The minimum absolute atomic E-state index is 0.102. The maximum atomic E-state index is 12.3. The number of aromatic nitrogens is 1. The van der Waals surface area contributed by atoms with Crippen molar-refractivity contribution in [3.05, 3.63) is 77.8 Å². The summed E-state index contributed by atoms with van der Waals surface area (Å²) in [4.78, 5) is 29.0. The zero-order valence-electron chi connectivity index (χ0n) is 17.6. The summed E-state index contributed by atoms with van der Waals surface area (Å²) in [6.07, 6.45) is 0.135. The largest absolute Gasteiger partial charge is 0.494 e. The number of nitrogens with zero attached hydrogens (tertiary/aromatic N) is 1. The number of carbonyl (C=O) groups excluding carboxylic acids is 2. The van der Waals surface area contributed by atoms with E-state index in [2.05, 4.69) is 33.8 Å². The summed E-state index contributed by atoms with van der Waals surface area (Å²) in [5, 5.41) is 6.12. The molecule has 0 atom stereocenters. The molecule has 162 valence electrons. The molecule has 0 bridgehead atoms. The van der Waals surface area contributed by atoms with Crippen LogP contribution in [0.1, 0.15) is 11.9 Å². The van der Waals surface area contributed by atoms with Crippen molar-refractivity contribution in [1.29, 1.82) is 0 Å². The smallest absolute Gasteiger partial charge is 0.243 e. The molecule has 2 amide bonds. The van der Waals surface area contributed by atoms with Crippen molar-refractivity contribution < 1.29 is 14.3 Å². The SMILES string of the molecule is CCOc1ccc(NC(=O)CNC(=O)Cc2nc3ccc(-c4ccccc4)cc3s2)cc1. The fraction of sp³-hybridized carbons (Fsp3) is 0.160. The predicted octanol–water partition coefficient (Wildman–Crippen LogP) is 4.66. The molecule has 7 heteroatoms. The van der Waals surface area contributed by atoms with Crippen molar-refractivity contribution in [2.24, 2.45) is 0 Å². The third-order valence-electron chi connectivity index (χ3n) is 4.75. The normalized spacial score (nSPS) is 10.7. The van der Waals surface area contributed by atoms with Crippen LogP contribution in [-0.4, -0.2) is 29.9 Å². The number of hydrogen-bond donors (Lipinski definition) is 2. The van der Waals surface area contributed by atoms with Crippen LogP contribution in [0.15, 0.2) is 72.8 Å². The first-order valence-corrected chi connectivity index (χ1v) is 11.2. The van der Waals surface area contributed by atoms with E-state index < -0.39 is 0 Å². The van der Waals surface area contributed by atoms with Gasteiger partial charge >= 0.3 is 0 Å². The van der Waals surface area contributed by atoms with E-state index in [0.29, 0.717) is 12.3 Å². The van der Waals surface area contributed by atoms with E-state index in [1.807, 2.05) is 37.3 Å². The molecular formula is C25H23N3O3S. The Kier molecular flexibility index (Phi) is 6.77. The molecule has 0 fully saturated rings. The molecule has 0 saturated carbocycles. The Bertz CT molecular complexity index is 1220. The van der Waals surface area contributed by atoms with Gasteiger partial charge in [0, 0.05) is 5.69 Å². The third kappa shape index (κ3) is 5.50. The molecule has 2 N–H and O–H groups in total. The van der Waals surface area contributed by atoms with Gasteiger partial charge in [0.05, 0.1) is 29.8 Å². The highest BCUT2D eigenvalue weighted by molar-refractivity contribution is 7.18. The molecular weight excluding hydrogens is 422 g/mol. The zero-order valence-corrected chi connectivity index (χ0v) is 18.4. The molecule has 0 radical (unpaired) electrons. The van der Waals surface area contributed by atoms with Crippen molar-refractivity contribution in [1.82, 2.24) is 10.3 Å². The first-order chi connectivity index (χ1) is 15.6.